The van der Waals surface area contributed by atoms with E-state index in [9.17, 15) is 4.79 Å². The Morgan fingerprint density at radius 1 is 0.971 bits per heavy atom. The lowest BCUT2D eigenvalue weighted by Gasteiger charge is -2.18. The lowest BCUT2D eigenvalue weighted by molar-refractivity contribution is 0.0975. The maximum atomic E-state index is 12.8. The number of aliphatic imine (C=N–C) groups is 1. The number of guanidine groups is 1. The minimum absolute atomic E-state index is 0.136. The highest BCUT2D eigenvalue weighted by Crippen LogP contribution is 2.25. The summed E-state index contributed by atoms with van der Waals surface area (Å²) >= 11 is 0. The summed E-state index contributed by atoms with van der Waals surface area (Å²) in [6.07, 6.45) is 7.81. The molecule has 0 bridgehead atoms. The second-order valence-corrected chi connectivity index (χ2v) is 8.16. The standard InChI is InChI=1S/C28H30N6O/c35-27(23-12-5-2-6-13-23)34-28(31-18-9-14-24-20-29-21-33-24)32-19-16-25(22-10-3-1-4-11-22)26-15-7-8-17-30-26/h1-8,10-13,15,17,20-21,25H,9,14,16,18-19H2,(H,29,33)(H2,31,32,34,35). The number of rotatable bonds is 10. The van der Waals surface area contributed by atoms with Crippen molar-refractivity contribution in [2.75, 3.05) is 13.1 Å². The van der Waals surface area contributed by atoms with Crippen LogP contribution in [0.2, 0.25) is 0 Å². The van der Waals surface area contributed by atoms with Crippen molar-refractivity contribution in [3.05, 3.63) is 120 Å². The lowest BCUT2D eigenvalue weighted by atomic mass is 9.92. The maximum absolute atomic E-state index is 12.8. The van der Waals surface area contributed by atoms with E-state index in [0.717, 1.165) is 30.7 Å². The van der Waals surface area contributed by atoms with Crippen molar-refractivity contribution in [3.8, 4) is 0 Å². The van der Waals surface area contributed by atoms with Crippen LogP contribution in [0.4, 0.5) is 0 Å². The molecule has 0 spiro atoms. The van der Waals surface area contributed by atoms with E-state index >= 15 is 0 Å². The SMILES string of the molecule is O=C(NC(=NCCCc1cnc[nH]1)NCCC(c1ccccc1)c1ccccn1)c1ccccc1. The number of aromatic amines is 1. The summed E-state index contributed by atoms with van der Waals surface area (Å²) in [7, 11) is 0. The number of benzene rings is 2. The van der Waals surface area contributed by atoms with Gasteiger partial charge in [0.2, 0.25) is 0 Å². The van der Waals surface area contributed by atoms with E-state index in [1.54, 1.807) is 18.5 Å². The van der Waals surface area contributed by atoms with E-state index in [4.69, 9.17) is 0 Å². The van der Waals surface area contributed by atoms with Gasteiger partial charge in [0.25, 0.3) is 5.91 Å². The molecule has 1 amide bonds. The van der Waals surface area contributed by atoms with Crippen molar-refractivity contribution >= 4 is 11.9 Å². The third-order valence-corrected chi connectivity index (χ3v) is 5.67. The summed E-state index contributed by atoms with van der Waals surface area (Å²) in [5, 5.41) is 6.30. The van der Waals surface area contributed by atoms with Crippen molar-refractivity contribution in [3.63, 3.8) is 0 Å². The van der Waals surface area contributed by atoms with Gasteiger partial charge >= 0.3 is 0 Å². The molecule has 4 rings (SSSR count). The molecule has 0 radical (unpaired) electrons. The molecule has 0 fully saturated rings. The van der Waals surface area contributed by atoms with Crippen LogP contribution >= 0.6 is 0 Å². The summed E-state index contributed by atoms with van der Waals surface area (Å²) in [6.45, 7) is 1.21. The second kappa shape index (κ2) is 12.8. The van der Waals surface area contributed by atoms with Gasteiger partial charge < -0.3 is 10.3 Å². The Labute approximate surface area is 205 Å². The fourth-order valence-electron chi connectivity index (χ4n) is 3.88. The monoisotopic (exact) mass is 466 g/mol. The molecule has 4 aromatic rings. The molecule has 7 heteroatoms. The predicted octanol–water partition coefficient (Wildman–Crippen LogP) is 4.34. The summed E-state index contributed by atoms with van der Waals surface area (Å²) < 4.78 is 0. The topological polar surface area (TPSA) is 95.1 Å². The first-order chi connectivity index (χ1) is 17.3. The van der Waals surface area contributed by atoms with Crippen LogP contribution in [0.1, 0.15) is 46.1 Å². The number of H-pyrrole nitrogens is 1. The van der Waals surface area contributed by atoms with Gasteiger partial charge in [0.05, 0.1) is 6.33 Å². The van der Waals surface area contributed by atoms with E-state index < -0.39 is 0 Å². The van der Waals surface area contributed by atoms with Crippen molar-refractivity contribution < 1.29 is 4.79 Å². The number of nitrogens with zero attached hydrogens (tertiary/aromatic N) is 3. The molecule has 2 aromatic heterocycles. The fourth-order valence-corrected chi connectivity index (χ4v) is 3.88. The third-order valence-electron chi connectivity index (χ3n) is 5.67. The second-order valence-electron chi connectivity index (χ2n) is 8.16. The van der Waals surface area contributed by atoms with Gasteiger partial charge in [0.15, 0.2) is 5.96 Å². The Kier molecular flexibility index (Phi) is 8.76. The largest absolute Gasteiger partial charge is 0.356 e. The molecule has 178 valence electrons. The number of amides is 1. The molecule has 2 aromatic carbocycles. The van der Waals surface area contributed by atoms with E-state index in [1.807, 2.05) is 60.9 Å². The zero-order valence-electron chi connectivity index (χ0n) is 19.6. The van der Waals surface area contributed by atoms with Gasteiger partial charge in [-0.25, -0.2) is 4.98 Å². The Hall–Kier alpha value is -4.26. The van der Waals surface area contributed by atoms with E-state index in [2.05, 4.69) is 48.8 Å². The molecule has 1 unspecified atom stereocenters. The molecule has 2 heterocycles. The molecule has 35 heavy (non-hydrogen) atoms. The Morgan fingerprint density at radius 3 is 2.46 bits per heavy atom. The maximum Gasteiger partial charge on any atom is 0.257 e. The Balaban J connectivity index is 1.41. The first-order valence-electron chi connectivity index (χ1n) is 11.9. The number of carbonyl (C=O) groups is 1. The molecular formula is C28H30N6O. The summed E-state index contributed by atoms with van der Waals surface area (Å²) in [4.78, 5) is 29.2. The number of nitrogens with one attached hydrogen (secondary N) is 3. The molecule has 0 aliphatic heterocycles. The number of pyridine rings is 1. The highest BCUT2D eigenvalue weighted by Gasteiger charge is 2.16. The van der Waals surface area contributed by atoms with Gasteiger partial charge in [-0.05, 0) is 49.1 Å². The smallest absolute Gasteiger partial charge is 0.257 e. The van der Waals surface area contributed by atoms with Crippen LogP contribution in [0.5, 0.6) is 0 Å². The number of hydrogen-bond donors (Lipinski definition) is 3. The van der Waals surface area contributed by atoms with Crippen molar-refractivity contribution in [2.24, 2.45) is 4.99 Å². The van der Waals surface area contributed by atoms with Gasteiger partial charge in [0.1, 0.15) is 0 Å². The number of aromatic nitrogens is 3. The minimum Gasteiger partial charge on any atom is -0.356 e. The average Bonchev–Trinajstić information content (AvgIpc) is 3.44. The van der Waals surface area contributed by atoms with Crippen LogP contribution < -0.4 is 10.6 Å². The summed E-state index contributed by atoms with van der Waals surface area (Å²) in [6, 6.07) is 25.5. The molecule has 1 atom stereocenters. The number of aryl methyl sites for hydroxylation is 1. The Morgan fingerprint density at radius 2 is 1.74 bits per heavy atom. The lowest BCUT2D eigenvalue weighted by Crippen LogP contribution is -2.42. The number of carbonyl (C=O) groups excluding carboxylic acids is 1. The van der Waals surface area contributed by atoms with E-state index in [0.29, 0.717) is 24.6 Å². The van der Waals surface area contributed by atoms with E-state index in [1.165, 1.54) is 5.56 Å². The van der Waals surface area contributed by atoms with Gasteiger partial charge in [-0.1, -0.05) is 54.6 Å². The quantitative estimate of drug-likeness (QED) is 0.184. The molecule has 7 nitrogen and oxygen atoms in total. The zero-order chi connectivity index (χ0) is 24.1. The summed E-state index contributed by atoms with van der Waals surface area (Å²) in [5.74, 6) is 0.433. The number of imidazole rings is 1. The Bertz CT molecular complexity index is 1140. The van der Waals surface area contributed by atoms with Crippen molar-refractivity contribution in [1.29, 1.82) is 0 Å². The molecule has 0 saturated carbocycles. The predicted molar refractivity (Wildman–Crippen MR) is 138 cm³/mol. The minimum atomic E-state index is -0.185. The van der Waals surface area contributed by atoms with Crippen LogP contribution in [0.3, 0.4) is 0 Å². The summed E-state index contributed by atoms with van der Waals surface area (Å²) in [5.41, 5.74) is 3.89. The normalized spacial score (nSPS) is 12.2. The molecule has 3 N–H and O–H groups in total. The highest BCUT2D eigenvalue weighted by atomic mass is 16.1. The van der Waals surface area contributed by atoms with Crippen LogP contribution in [0.15, 0.2) is 103 Å². The third kappa shape index (κ3) is 7.37. The molecular weight excluding hydrogens is 436 g/mol. The molecule has 0 aliphatic carbocycles. The zero-order valence-corrected chi connectivity index (χ0v) is 19.6. The van der Waals surface area contributed by atoms with Gasteiger partial charge in [-0.15, -0.1) is 0 Å². The van der Waals surface area contributed by atoms with Crippen LogP contribution in [-0.2, 0) is 6.42 Å². The fraction of sp³-hybridized carbons (Fsp3) is 0.214. The van der Waals surface area contributed by atoms with Gasteiger partial charge in [-0.2, -0.15) is 0 Å². The van der Waals surface area contributed by atoms with Gasteiger partial charge in [-0.3, -0.25) is 20.1 Å². The van der Waals surface area contributed by atoms with Crippen molar-refractivity contribution in [1.82, 2.24) is 25.6 Å². The van der Waals surface area contributed by atoms with E-state index in [-0.39, 0.29) is 11.8 Å². The first-order valence-corrected chi connectivity index (χ1v) is 11.9. The average molecular weight is 467 g/mol. The first kappa shape index (κ1) is 23.9. The number of hydrogen-bond acceptors (Lipinski definition) is 4. The van der Waals surface area contributed by atoms with Gasteiger partial charge in [0, 0.05) is 48.4 Å². The van der Waals surface area contributed by atoms with Crippen LogP contribution in [0, 0.1) is 0 Å². The van der Waals surface area contributed by atoms with Crippen molar-refractivity contribution in [2.45, 2.75) is 25.2 Å². The molecule has 0 aliphatic rings. The van der Waals surface area contributed by atoms with Crippen LogP contribution in [0.25, 0.3) is 0 Å². The molecule has 0 saturated heterocycles. The highest BCUT2D eigenvalue weighted by molar-refractivity contribution is 6.05. The van der Waals surface area contributed by atoms with Crippen LogP contribution in [-0.4, -0.2) is 39.9 Å².